The molecule has 4 heterocycles. The molecule has 0 bridgehead atoms. The molecular weight excluding hydrogens is 324 g/mol. The van der Waals surface area contributed by atoms with Gasteiger partial charge in [0.15, 0.2) is 0 Å². The molecule has 0 aromatic carbocycles. The SMILES string of the molecule is C1COCC2(COC2)N1.C1COCC2(COC2)N1.O=C([O-])C(=O)[O-]. The Labute approximate surface area is 139 Å². The van der Waals surface area contributed by atoms with E-state index in [1.54, 1.807) is 0 Å². The number of carboxylic acids is 2. The van der Waals surface area contributed by atoms with Crippen LogP contribution >= 0.6 is 0 Å². The number of carbonyl (C=O) groups excluding carboxylic acids is 2. The highest BCUT2D eigenvalue weighted by molar-refractivity contribution is 6.25. The average molecular weight is 346 g/mol. The second kappa shape index (κ2) is 8.70. The number of hydrogen-bond acceptors (Lipinski definition) is 10. The van der Waals surface area contributed by atoms with Crippen LogP contribution in [-0.2, 0) is 28.5 Å². The fourth-order valence-electron chi connectivity index (χ4n) is 2.48. The van der Waals surface area contributed by atoms with Gasteiger partial charge >= 0.3 is 0 Å². The number of hydrogen-bond donors (Lipinski definition) is 2. The average Bonchev–Trinajstić information content (AvgIpc) is 2.55. The summed E-state index contributed by atoms with van der Waals surface area (Å²) in [5.41, 5.74) is 0.413. The predicted octanol–water partition coefficient (Wildman–Crippen LogP) is -4.76. The first-order valence-corrected chi connectivity index (χ1v) is 7.70. The quantitative estimate of drug-likeness (QED) is 0.411. The minimum absolute atomic E-state index is 0.207. The third-order valence-corrected chi connectivity index (χ3v) is 3.93. The van der Waals surface area contributed by atoms with Crippen LogP contribution in [0.1, 0.15) is 0 Å². The van der Waals surface area contributed by atoms with E-state index >= 15 is 0 Å². The molecular formula is C14H22N2O8-2. The van der Waals surface area contributed by atoms with E-state index in [4.69, 9.17) is 38.7 Å². The molecule has 0 aromatic heterocycles. The van der Waals surface area contributed by atoms with E-state index in [1.165, 1.54) is 0 Å². The van der Waals surface area contributed by atoms with Crippen molar-refractivity contribution in [1.29, 1.82) is 0 Å². The van der Waals surface area contributed by atoms with Gasteiger partial charge in [-0.2, -0.15) is 0 Å². The van der Waals surface area contributed by atoms with Crippen molar-refractivity contribution in [2.45, 2.75) is 11.1 Å². The van der Waals surface area contributed by atoms with Crippen LogP contribution < -0.4 is 20.8 Å². The first-order valence-electron chi connectivity index (χ1n) is 7.70. The Balaban J connectivity index is 0.000000134. The molecule has 0 aromatic rings. The van der Waals surface area contributed by atoms with Crippen LogP contribution in [0.4, 0.5) is 0 Å². The number of aliphatic carboxylic acids is 2. The Morgan fingerprint density at radius 3 is 1.12 bits per heavy atom. The van der Waals surface area contributed by atoms with Crippen molar-refractivity contribution < 1.29 is 38.7 Å². The van der Waals surface area contributed by atoms with E-state index in [1.807, 2.05) is 0 Å². The lowest BCUT2D eigenvalue weighted by atomic mass is 9.98. The van der Waals surface area contributed by atoms with Gasteiger partial charge in [-0.25, -0.2) is 0 Å². The van der Waals surface area contributed by atoms with E-state index in [-0.39, 0.29) is 11.1 Å². The summed E-state index contributed by atoms with van der Waals surface area (Å²) in [6, 6.07) is 0. The van der Waals surface area contributed by atoms with Crippen LogP contribution in [0.5, 0.6) is 0 Å². The highest BCUT2D eigenvalue weighted by Gasteiger charge is 2.40. The number of carboxylic acid groups (broad SMARTS) is 2. The number of ether oxygens (including phenoxy) is 4. The van der Waals surface area contributed by atoms with Crippen LogP contribution in [-0.4, -0.2) is 89.0 Å². The summed E-state index contributed by atoms with van der Waals surface area (Å²) in [6.45, 7) is 8.61. The molecule has 0 saturated carbocycles. The zero-order chi connectivity index (χ0) is 17.5. The van der Waals surface area contributed by atoms with Crippen LogP contribution in [0.2, 0.25) is 0 Å². The summed E-state index contributed by atoms with van der Waals surface area (Å²) in [6.07, 6.45) is 0. The lowest BCUT2D eigenvalue weighted by Crippen LogP contribution is -2.66. The molecule has 0 amide bonds. The summed E-state index contributed by atoms with van der Waals surface area (Å²) < 4.78 is 20.7. The first kappa shape index (κ1) is 19.0. The summed E-state index contributed by atoms with van der Waals surface area (Å²) in [5.74, 6) is -4.37. The maximum atomic E-state index is 8.93. The third-order valence-electron chi connectivity index (χ3n) is 3.93. The molecule has 2 N–H and O–H groups in total. The molecule has 0 radical (unpaired) electrons. The van der Waals surface area contributed by atoms with Crippen molar-refractivity contribution in [3.05, 3.63) is 0 Å². The highest BCUT2D eigenvalue weighted by atomic mass is 16.5. The second-order valence-corrected chi connectivity index (χ2v) is 6.08. The Morgan fingerprint density at radius 2 is 1.00 bits per heavy atom. The molecule has 4 aliphatic rings. The van der Waals surface area contributed by atoms with Gasteiger partial charge in [0.2, 0.25) is 0 Å². The smallest absolute Gasteiger partial charge is 0.0890 e. The number of carbonyl (C=O) groups is 2. The lowest BCUT2D eigenvalue weighted by molar-refractivity contribution is -0.345. The Bertz CT molecular complexity index is 380. The van der Waals surface area contributed by atoms with E-state index in [2.05, 4.69) is 10.6 Å². The predicted molar refractivity (Wildman–Crippen MR) is 74.8 cm³/mol. The van der Waals surface area contributed by atoms with E-state index < -0.39 is 11.9 Å². The number of morpholine rings is 2. The van der Waals surface area contributed by atoms with E-state index in [0.717, 1.165) is 65.9 Å². The molecule has 24 heavy (non-hydrogen) atoms. The fraction of sp³-hybridized carbons (Fsp3) is 0.857. The van der Waals surface area contributed by atoms with Crippen LogP contribution in [0.15, 0.2) is 0 Å². The molecule has 0 unspecified atom stereocenters. The van der Waals surface area contributed by atoms with Gasteiger partial charge < -0.3 is 49.4 Å². The van der Waals surface area contributed by atoms with Crippen molar-refractivity contribution in [3.8, 4) is 0 Å². The van der Waals surface area contributed by atoms with Gasteiger partial charge in [-0.1, -0.05) is 0 Å². The zero-order valence-corrected chi connectivity index (χ0v) is 13.3. The van der Waals surface area contributed by atoms with E-state index in [0.29, 0.717) is 0 Å². The minimum atomic E-state index is -2.19. The van der Waals surface area contributed by atoms with Crippen molar-refractivity contribution in [2.75, 3.05) is 65.9 Å². The molecule has 138 valence electrons. The summed E-state index contributed by atoms with van der Waals surface area (Å²) in [4.78, 5) is 17.9. The van der Waals surface area contributed by atoms with E-state index in [9.17, 15) is 0 Å². The zero-order valence-electron chi connectivity index (χ0n) is 13.3. The number of rotatable bonds is 0. The Morgan fingerprint density at radius 1 is 0.667 bits per heavy atom. The molecule has 2 spiro atoms. The third kappa shape index (κ3) is 5.36. The molecule has 4 saturated heterocycles. The normalized spacial score (nSPS) is 25.8. The molecule has 10 nitrogen and oxygen atoms in total. The van der Waals surface area contributed by atoms with Gasteiger partial charge in [-0.15, -0.1) is 0 Å². The fourth-order valence-corrected chi connectivity index (χ4v) is 2.48. The van der Waals surface area contributed by atoms with Crippen molar-refractivity contribution in [2.24, 2.45) is 0 Å². The van der Waals surface area contributed by atoms with Gasteiger partial charge in [0.05, 0.1) is 75.9 Å². The summed E-state index contributed by atoms with van der Waals surface area (Å²) in [7, 11) is 0. The largest absolute Gasteiger partial charge is 0.543 e. The number of nitrogens with one attached hydrogen (secondary N) is 2. The van der Waals surface area contributed by atoms with Gasteiger partial charge in [-0.05, 0) is 0 Å². The van der Waals surface area contributed by atoms with Crippen molar-refractivity contribution >= 4 is 11.9 Å². The topological polar surface area (TPSA) is 141 Å². The first-order chi connectivity index (χ1) is 11.5. The standard InChI is InChI=1S/2C6H11NO2.C2H2O4/c2*1-2-8-3-6(7-1)4-9-5-6;3-1(4)2(5)6/h2*7H,1-5H2;(H,3,4)(H,5,6)/p-2. The molecule has 10 heteroatoms. The lowest BCUT2D eigenvalue weighted by Gasteiger charge is -2.44. The van der Waals surface area contributed by atoms with Crippen LogP contribution in [0.3, 0.4) is 0 Å². The monoisotopic (exact) mass is 346 g/mol. The van der Waals surface area contributed by atoms with Crippen molar-refractivity contribution in [1.82, 2.24) is 10.6 Å². The van der Waals surface area contributed by atoms with Crippen LogP contribution in [0, 0.1) is 0 Å². The molecule has 0 aliphatic carbocycles. The molecule has 0 atom stereocenters. The Hall–Kier alpha value is -1.30. The van der Waals surface area contributed by atoms with Gasteiger partial charge in [-0.3, -0.25) is 0 Å². The maximum absolute atomic E-state index is 8.93. The molecule has 4 rings (SSSR count). The van der Waals surface area contributed by atoms with Gasteiger partial charge in [0.1, 0.15) is 0 Å². The van der Waals surface area contributed by atoms with Crippen molar-refractivity contribution in [3.63, 3.8) is 0 Å². The summed E-state index contributed by atoms with van der Waals surface area (Å²) in [5, 5.41) is 24.6. The second-order valence-electron chi connectivity index (χ2n) is 6.08. The van der Waals surface area contributed by atoms with Gasteiger partial charge in [0, 0.05) is 13.1 Å². The Kier molecular flexibility index (Phi) is 6.90. The summed E-state index contributed by atoms with van der Waals surface area (Å²) >= 11 is 0. The minimum Gasteiger partial charge on any atom is -0.543 e. The molecule has 4 aliphatic heterocycles. The maximum Gasteiger partial charge on any atom is 0.0890 e. The molecule has 4 fully saturated rings. The van der Waals surface area contributed by atoms with Gasteiger partial charge in [0.25, 0.3) is 0 Å². The van der Waals surface area contributed by atoms with Crippen LogP contribution in [0.25, 0.3) is 0 Å². The highest BCUT2D eigenvalue weighted by Crippen LogP contribution is 2.19.